The first-order valence-corrected chi connectivity index (χ1v) is 8.06. The lowest BCUT2D eigenvalue weighted by Gasteiger charge is -2.20. The highest BCUT2D eigenvalue weighted by Gasteiger charge is 2.18. The Bertz CT molecular complexity index is 690. The summed E-state index contributed by atoms with van der Waals surface area (Å²) in [7, 11) is 0. The van der Waals surface area contributed by atoms with Gasteiger partial charge in [0, 0.05) is 0 Å². The van der Waals surface area contributed by atoms with Crippen LogP contribution in [0.2, 0.25) is 20.1 Å². The molecule has 2 rings (SSSR count). The second kappa shape index (κ2) is 6.76. The van der Waals surface area contributed by atoms with Crippen molar-refractivity contribution in [3.05, 3.63) is 56.0 Å². The van der Waals surface area contributed by atoms with Gasteiger partial charge in [-0.3, -0.25) is 0 Å². The molecule has 0 aliphatic rings. The highest BCUT2D eigenvalue weighted by atomic mass is 35.5. The lowest BCUT2D eigenvalue weighted by molar-refractivity contribution is 0.590. The fourth-order valence-corrected chi connectivity index (χ4v) is 2.81. The molecule has 6 heteroatoms. The average molecular weight is 376 g/mol. The van der Waals surface area contributed by atoms with Gasteiger partial charge in [-0.05, 0) is 35.2 Å². The lowest BCUT2D eigenvalue weighted by atomic mass is 9.87. The average Bonchev–Trinajstić information content (AvgIpc) is 2.39. The van der Waals surface area contributed by atoms with E-state index in [9.17, 15) is 0 Å². The number of benzene rings is 2. The molecule has 0 unspecified atom stereocenters. The number of nitrogens with zero attached hydrogens (tertiary/aromatic N) is 2. The summed E-state index contributed by atoms with van der Waals surface area (Å²) >= 11 is 24.7. The normalized spacial score (nSPS) is 12.1. The molecule has 0 bridgehead atoms. The van der Waals surface area contributed by atoms with Crippen LogP contribution in [0.1, 0.15) is 26.3 Å². The molecule has 0 spiro atoms. The molecule has 0 aliphatic carbocycles. The van der Waals surface area contributed by atoms with Crippen molar-refractivity contribution in [2.24, 2.45) is 10.2 Å². The van der Waals surface area contributed by atoms with Gasteiger partial charge in [-0.15, -0.1) is 10.2 Å². The molecule has 0 saturated heterocycles. The number of rotatable bonds is 2. The number of halogens is 4. The van der Waals surface area contributed by atoms with Crippen molar-refractivity contribution in [2.75, 3.05) is 0 Å². The zero-order valence-electron chi connectivity index (χ0n) is 12.3. The predicted molar refractivity (Wildman–Crippen MR) is 95.8 cm³/mol. The lowest BCUT2D eigenvalue weighted by Crippen LogP contribution is -2.10. The molecule has 2 aromatic rings. The van der Waals surface area contributed by atoms with Crippen molar-refractivity contribution in [3.8, 4) is 0 Å². The summed E-state index contributed by atoms with van der Waals surface area (Å²) in [6.45, 7) is 6.25. The van der Waals surface area contributed by atoms with Gasteiger partial charge >= 0.3 is 0 Å². The summed E-state index contributed by atoms with van der Waals surface area (Å²) in [5.74, 6) is 0. The Morgan fingerprint density at radius 1 is 0.727 bits per heavy atom. The van der Waals surface area contributed by atoms with E-state index in [1.165, 1.54) is 0 Å². The minimum Gasteiger partial charge on any atom is -0.147 e. The topological polar surface area (TPSA) is 24.7 Å². The quantitative estimate of drug-likeness (QED) is 0.474. The predicted octanol–water partition coefficient (Wildman–Crippen LogP) is 8.01. The Morgan fingerprint density at radius 2 is 1.14 bits per heavy atom. The standard InChI is InChI=1S/C16H14Cl4N2/c1-16(2,3)9-7-12(19)15(13(20)8-9)22-21-14-10(17)5-4-6-11(14)18/h4-8H,1-3H3. The third-order valence-electron chi connectivity index (χ3n) is 3.07. The molecule has 2 nitrogen and oxygen atoms in total. The summed E-state index contributed by atoms with van der Waals surface area (Å²) in [5.41, 5.74) is 1.75. The van der Waals surface area contributed by atoms with Crippen LogP contribution >= 0.6 is 46.4 Å². The summed E-state index contributed by atoms with van der Waals surface area (Å²) < 4.78 is 0. The first-order valence-electron chi connectivity index (χ1n) is 6.55. The first kappa shape index (κ1) is 17.6. The Hall–Kier alpha value is -0.800. The van der Waals surface area contributed by atoms with Crippen LogP contribution < -0.4 is 0 Å². The number of azo groups is 1. The van der Waals surface area contributed by atoms with Gasteiger partial charge in [-0.1, -0.05) is 73.2 Å². The van der Waals surface area contributed by atoms with E-state index in [4.69, 9.17) is 46.4 Å². The van der Waals surface area contributed by atoms with E-state index >= 15 is 0 Å². The van der Waals surface area contributed by atoms with Crippen molar-refractivity contribution in [3.63, 3.8) is 0 Å². The molecule has 0 N–H and O–H groups in total. The largest absolute Gasteiger partial charge is 0.147 e. The molecule has 0 radical (unpaired) electrons. The smallest absolute Gasteiger partial charge is 0.123 e. The highest BCUT2D eigenvalue weighted by Crippen LogP contribution is 2.40. The first-order chi connectivity index (χ1) is 10.2. The van der Waals surface area contributed by atoms with Crippen LogP contribution in [0.15, 0.2) is 40.6 Å². The van der Waals surface area contributed by atoms with E-state index < -0.39 is 0 Å². The summed E-state index contributed by atoms with van der Waals surface area (Å²) in [6, 6.07) is 8.80. The minimum absolute atomic E-state index is 0.0605. The van der Waals surface area contributed by atoms with Crippen molar-refractivity contribution < 1.29 is 0 Å². The summed E-state index contributed by atoms with van der Waals surface area (Å²) in [4.78, 5) is 0. The number of hydrogen-bond acceptors (Lipinski definition) is 2. The van der Waals surface area contributed by atoms with E-state index in [1.54, 1.807) is 18.2 Å². The van der Waals surface area contributed by atoms with E-state index in [0.29, 0.717) is 31.5 Å². The molecule has 0 heterocycles. The molecule has 0 atom stereocenters. The number of hydrogen-bond donors (Lipinski definition) is 0. The second-order valence-corrected chi connectivity index (χ2v) is 7.44. The van der Waals surface area contributed by atoms with E-state index in [-0.39, 0.29) is 5.41 Å². The van der Waals surface area contributed by atoms with Crippen LogP contribution in [-0.4, -0.2) is 0 Å². The van der Waals surface area contributed by atoms with E-state index in [2.05, 4.69) is 31.0 Å². The molecule has 0 aromatic heterocycles. The monoisotopic (exact) mass is 374 g/mol. The Morgan fingerprint density at radius 3 is 1.55 bits per heavy atom. The van der Waals surface area contributed by atoms with E-state index in [0.717, 1.165) is 5.56 Å². The highest BCUT2D eigenvalue weighted by molar-refractivity contribution is 6.39. The zero-order valence-corrected chi connectivity index (χ0v) is 15.3. The molecule has 0 fully saturated rings. The van der Waals surface area contributed by atoms with E-state index in [1.807, 2.05) is 12.1 Å². The van der Waals surface area contributed by atoms with Crippen molar-refractivity contribution in [1.82, 2.24) is 0 Å². The van der Waals surface area contributed by atoms with Crippen LogP contribution in [0.4, 0.5) is 11.4 Å². The Balaban J connectivity index is 2.45. The van der Waals surface area contributed by atoms with Crippen molar-refractivity contribution in [1.29, 1.82) is 0 Å². The van der Waals surface area contributed by atoms with Crippen LogP contribution in [0, 0.1) is 0 Å². The SMILES string of the molecule is CC(C)(C)c1cc(Cl)c(N=Nc2c(Cl)cccc2Cl)c(Cl)c1. The van der Waals surface area contributed by atoms with Crippen LogP contribution in [0.3, 0.4) is 0 Å². The maximum Gasteiger partial charge on any atom is 0.123 e. The molecule has 22 heavy (non-hydrogen) atoms. The Kier molecular flexibility index (Phi) is 5.39. The van der Waals surface area contributed by atoms with Gasteiger partial charge in [0.2, 0.25) is 0 Å². The molecule has 116 valence electrons. The molecule has 0 saturated carbocycles. The van der Waals surface area contributed by atoms with Crippen molar-refractivity contribution >= 4 is 57.8 Å². The van der Waals surface area contributed by atoms with Gasteiger partial charge < -0.3 is 0 Å². The molecular formula is C16H14Cl4N2. The van der Waals surface area contributed by atoms with Crippen LogP contribution in [0.5, 0.6) is 0 Å². The molecule has 2 aromatic carbocycles. The molecule has 0 aliphatic heterocycles. The van der Waals surface area contributed by atoms with Gasteiger partial charge in [-0.25, -0.2) is 0 Å². The van der Waals surface area contributed by atoms with Gasteiger partial charge in [0.1, 0.15) is 11.4 Å². The Labute approximate surface area is 150 Å². The fourth-order valence-electron chi connectivity index (χ4n) is 1.78. The summed E-state index contributed by atoms with van der Waals surface area (Å²) in [6.07, 6.45) is 0. The van der Waals surface area contributed by atoms with Gasteiger partial charge in [0.15, 0.2) is 0 Å². The van der Waals surface area contributed by atoms with Crippen LogP contribution in [-0.2, 0) is 5.41 Å². The third kappa shape index (κ3) is 3.94. The molecular weight excluding hydrogens is 362 g/mol. The van der Waals surface area contributed by atoms with Crippen molar-refractivity contribution in [2.45, 2.75) is 26.2 Å². The van der Waals surface area contributed by atoms with Crippen LogP contribution in [0.25, 0.3) is 0 Å². The second-order valence-electron chi connectivity index (χ2n) is 5.81. The van der Waals surface area contributed by atoms with Gasteiger partial charge in [0.05, 0.1) is 20.1 Å². The molecule has 0 amide bonds. The fraction of sp³-hybridized carbons (Fsp3) is 0.250. The van der Waals surface area contributed by atoms with Gasteiger partial charge in [0.25, 0.3) is 0 Å². The minimum atomic E-state index is -0.0605. The zero-order chi connectivity index (χ0) is 16.5. The maximum atomic E-state index is 6.28. The third-order valence-corrected chi connectivity index (χ3v) is 4.26. The maximum absolute atomic E-state index is 6.28. The van der Waals surface area contributed by atoms with Gasteiger partial charge in [-0.2, -0.15) is 0 Å². The summed E-state index contributed by atoms with van der Waals surface area (Å²) in [5, 5.41) is 9.89.